The van der Waals surface area contributed by atoms with E-state index in [-0.39, 0.29) is 45.1 Å². The number of hydrogen-bond acceptors (Lipinski definition) is 5. The summed E-state index contributed by atoms with van der Waals surface area (Å²) >= 11 is 0. The summed E-state index contributed by atoms with van der Waals surface area (Å²) in [5.74, 6) is 3.34. The summed E-state index contributed by atoms with van der Waals surface area (Å²) in [6.45, 7) is 22.8. The average molecular weight is 666 g/mol. The average Bonchev–Trinajstić information content (AvgIpc) is 3.44. The fraction of sp³-hybridized carbons (Fsp3) is 0.881. The minimum Gasteiger partial charge on any atom is -0.469 e. The lowest BCUT2D eigenvalue weighted by Gasteiger charge is -2.73. The maximum atomic E-state index is 14.9. The first-order valence-electron chi connectivity index (χ1n) is 19.7. The monoisotopic (exact) mass is 666 g/mol. The molecule has 5 saturated carbocycles. The first kappa shape index (κ1) is 36.0. The van der Waals surface area contributed by atoms with Crippen molar-refractivity contribution < 1.29 is 23.9 Å². The van der Waals surface area contributed by atoms with Crippen molar-refractivity contribution in [2.75, 3.05) is 20.2 Å². The molecule has 1 heterocycles. The van der Waals surface area contributed by atoms with Gasteiger partial charge >= 0.3 is 11.9 Å². The van der Waals surface area contributed by atoms with Gasteiger partial charge < -0.3 is 14.4 Å². The Morgan fingerprint density at radius 1 is 0.792 bits per heavy atom. The Kier molecular flexibility index (Phi) is 9.54. The molecule has 0 aromatic rings. The van der Waals surface area contributed by atoms with E-state index >= 15 is 0 Å². The van der Waals surface area contributed by atoms with Crippen LogP contribution in [0.25, 0.3) is 0 Å². The van der Waals surface area contributed by atoms with E-state index in [4.69, 9.17) is 9.47 Å². The zero-order chi connectivity index (χ0) is 34.9. The number of hydrogen-bond donors (Lipinski definition) is 0. The fourth-order valence-electron chi connectivity index (χ4n) is 14.3. The lowest BCUT2D eigenvalue weighted by Crippen LogP contribution is -2.67. The van der Waals surface area contributed by atoms with E-state index in [1.54, 1.807) is 6.92 Å². The highest BCUT2D eigenvalue weighted by molar-refractivity contribution is 5.84. The molecule has 10 atom stereocenters. The molecule has 6 heteroatoms. The summed E-state index contributed by atoms with van der Waals surface area (Å²) in [6.07, 6.45) is 15.8. The number of likely N-dealkylation sites (tertiary alicyclic amines) is 1. The van der Waals surface area contributed by atoms with Crippen LogP contribution in [0.15, 0.2) is 12.2 Å². The standard InChI is InChI=1S/C42H67NO5/c1-27(2)30-15-22-42(37(46)43-25-18-29(19-26-43)11-10-12-35(45)47-9)24-23-40(7)31(36(30)42)13-14-33-39(6)20-17-34(48-28(3)44)38(4,5)32(39)16-21-41(33,40)8/h29-34,36H,1,10-26H2,2-9H3/t30-,31+,32-,33+,34-,36+,39-,40+,41+,42-/m0/s1. The van der Waals surface area contributed by atoms with Gasteiger partial charge in [0.25, 0.3) is 0 Å². The van der Waals surface area contributed by atoms with Crippen molar-refractivity contribution in [3.05, 3.63) is 12.2 Å². The number of amides is 1. The molecule has 6 aliphatic rings. The van der Waals surface area contributed by atoms with Crippen molar-refractivity contribution in [1.82, 2.24) is 4.90 Å². The molecule has 6 fully saturated rings. The summed E-state index contributed by atoms with van der Waals surface area (Å²) in [5.41, 5.74) is 1.66. The number of allylic oxidation sites excluding steroid dienone is 1. The molecule has 0 aromatic carbocycles. The number of rotatable bonds is 7. The van der Waals surface area contributed by atoms with Crippen LogP contribution in [0.3, 0.4) is 0 Å². The van der Waals surface area contributed by atoms with Gasteiger partial charge in [-0.05, 0) is 149 Å². The number of nitrogens with zero attached hydrogens (tertiary/aromatic N) is 1. The zero-order valence-corrected chi connectivity index (χ0v) is 31.8. The molecule has 5 aliphatic carbocycles. The van der Waals surface area contributed by atoms with Crippen LogP contribution < -0.4 is 0 Å². The number of esters is 2. The third-order valence-corrected chi connectivity index (χ3v) is 16.9. The molecule has 0 N–H and O–H groups in total. The molecule has 6 rings (SSSR count). The van der Waals surface area contributed by atoms with Crippen LogP contribution in [-0.4, -0.2) is 49.0 Å². The third-order valence-electron chi connectivity index (χ3n) is 16.9. The Morgan fingerprint density at radius 2 is 1.50 bits per heavy atom. The molecular formula is C42H67NO5. The predicted octanol–water partition coefficient (Wildman–Crippen LogP) is 9.16. The maximum absolute atomic E-state index is 14.9. The van der Waals surface area contributed by atoms with Crippen molar-refractivity contribution in [1.29, 1.82) is 0 Å². The van der Waals surface area contributed by atoms with Gasteiger partial charge in [0, 0.05) is 31.8 Å². The number of carbonyl (C=O) groups excluding carboxylic acids is 3. The topological polar surface area (TPSA) is 72.9 Å². The molecule has 0 aromatic heterocycles. The van der Waals surface area contributed by atoms with Gasteiger partial charge in [0.05, 0.1) is 12.5 Å². The Balaban J connectivity index is 1.23. The second-order valence-corrected chi connectivity index (χ2v) is 19.0. The summed E-state index contributed by atoms with van der Waals surface area (Å²) in [7, 11) is 1.46. The normalized spacial score (nSPS) is 43.6. The van der Waals surface area contributed by atoms with Crippen LogP contribution in [0.1, 0.15) is 145 Å². The van der Waals surface area contributed by atoms with Crippen LogP contribution in [0.4, 0.5) is 0 Å². The molecule has 0 bridgehead atoms. The fourth-order valence-corrected chi connectivity index (χ4v) is 14.3. The Bertz CT molecular complexity index is 1280. The first-order chi connectivity index (χ1) is 22.5. The van der Waals surface area contributed by atoms with Crippen molar-refractivity contribution >= 4 is 17.8 Å². The Hall–Kier alpha value is -1.85. The van der Waals surface area contributed by atoms with Crippen molar-refractivity contribution in [3.63, 3.8) is 0 Å². The van der Waals surface area contributed by atoms with E-state index in [9.17, 15) is 14.4 Å². The molecular weight excluding hydrogens is 598 g/mol. The number of piperidine rings is 1. The van der Waals surface area contributed by atoms with Crippen LogP contribution in [-0.2, 0) is 23.9 Å². The van der Waals surface area contributed by atoms with Gasteiger partial charge in [-0.15, -0.1) is 0 Å². The van der Waals surface area contributed by atoms with E-state index in [1.807, 2.05) is 0 Å². The molecule has 0 spiro atoms. The summed E-state index contributed by atoms with van der Waals surface area (Å²) in [6, 6.07) is 0. The van der Waals surface area contributed by atoms with Crippen molar-refractivity contribution in [2.24, 2.45) is 62.6 Å². The predicted molar refractivity (Wildman–Crippen MR) is 190 cm³/mol. The van der Waals surface area contributed by atoms with Crippen LogP contribution in [0.5, 0.6) is 0 Å². The molecule has 6 nitrogen and oxygen atoms in total. The van der Waals surface area contributed by atoms with Crippen molar-refractivity contribution in [3.8, 4) is 0 Å². The highest BCUT2D eigenvalue weighted by Gasteiger charge is 2.72. The van der Waals surface area contributed by atoms with Crippen LogP contribution in [0, 0.1) is 62.6 Å². The first-order valence-corrected chi connectivity index (χ1v) is 19.7. The lowest BCUT2D eigenvalue weighted by molar-refractivity contribution is -0.249. The second kappa shape index (κ2) is 12.7. The maximum Gasteiger partial charge on any atom is 0.305 e. The smallest absolute Gasteiger partial charge is 0.305 e. The van der Waals surface area contributed by atoms with E-state index in [0.717, 1.165) is 77.3 Å². The van der Waals surface area contributed by atoms with Crippen LogP contribution >= 0.6 is 0 Å². The number of carbonyl (C=O) groups is 3. The summed E-state index contributed by atoms with van der Waals surface area (Å²) in [4.78, 5) is 40.9. The highest BCUT2D eigenvalue weighted by Crippen LogP contribution is 2.77. The van der Waals surface area contributed by atoms with E-state index in [1.165, 1.54) is 38.4 Å². The number of methoxy groups -OCH3 is 1. The Labute approximate surface area is 291 Å². The van der Waals surface area contributed by atoms with Crippen molar-refractivity contribution in [2.45, 2.75) is 151 Å². The quantitative estimate of drug-likeness (QED) is 0.200. The minimum absolute atomic E-state index is 0.00501. The van der Waals surface area contributed by atoms with E-state index in [0.29, 0.717) is 47.8 Å². The molecule has 1 aliphatic heterocycles. The van der Waals surface area contributed by atoms with Gasteiger partial charge in [-0.2, -0.15) is 0 Å². The zero-order valence-electron chi connectivity index (χ0n) is 31.8. The largest absolute Gasteiger partial charge is 0.469 e. The summed E-state index contributed by atoms with van der Waals surface area (Å²) < 4.78 is 10.8. The highest BCUT2D eigenvalue weighted by atomic mass is 16.5. The second-order valence-electron chi connectivity index (χ2n) is 19.0. The van der Waals surface area contributed by atoms with E-state index < -0.39 is 0 Å². The van der Waals surface area contributed by atoms with Gasteiger partial charge in [-0.25, -0.2) is 0 Å². The third kappa shape index (κ3) is 5.42. The molecule has 0 unspecified atom stereocenters. The lowest BCUT2D eigenvalue weighted by atomic mass is 9.32. The molecule has 1 saturated heterocycles. The van der Waals surface area contributed by atoms with Crippen LogP contribution in [0.2, 0.25) is 0 Å². The minimum atomic E-state index is -0.250. The molecule has 0 radical (unpaired) electrons. The molecule has 48 heavy (non-hydrogen) atoms. The molecule has 270 valence electrons. The number of ether oxygens (including phenoxy) is 2. The molecule has 1 amide bonds. The van der Waals surface area contributed by atoms with Gasteiger partial charge in [0.15, 0.2) is 0 Å². The Morgan fingerprint density at radius 3 is 2.15 bits per heavy atom. The van der Waals surface area contributed by atoms with Gasteiger partial charge in [-0.3, -0.25) is 14.4 Å². The van der Waals surface area contributed by atoms with E-state index in [2.05, 4.69) is 53.0 Å². The summed E-state index contributed by atoms with van der Waals surface area (Å²) in [5, 5.41) is 0. The van der Waals surface area contributed by atoms with Gasteiger partial charge in [0.1, 0.15) is 6.10 Å². The van der Waals surface area contributed by atoms with Gasteiger partial charge in [0.2, 0.25) is 5.91 Å². The number of fused-ring (bicyclic) bond motifs is 7. The van der Waals surface area contributed by atoms with Gasteiger partial charge in [-0.1, -0.05) is 46.8 Å². The SMILES string of the molecule is C=C(C)[C@@H]1CC[C@]2(C(=O)N3CCC(CCCC(=O)OC)CC3)CC[C@]3(C)[C@H](CC[C@@H]4[C@@]5(C)CC[C@H](OC(C)=O)C(C)(C)[C@@H]5CC[C@]43C)[C@@H]12.